The van der Waals surface area contributed by atoms with Crippen LogP contribution in [0.3, 0.4) is 0 Å². The minimum atomic E-state index is 0.384. The number of hydrogen-bond acceptors (Lipinski definition) is 4. The molecule has 1 aromatic heterocycles. The molecular weight excluding hydrogens is 188 g/mol. The molecule has 1 aromatic carbocycles. The molecule has 0 unspecified atom stereocenters. The fourth-order valence-electron chi connectivity index (χ4n) is 1.24. The van der Waals surface area contributed by atoms with Gasteiger partial charge in [0.1, 0.15) is 5.82 Å². The van der Waals surface area contributed by atoms with Crippen molar-refractivity contribution in [2.24, 2.45) is 0 Å². The van der Waals surface area contributed by atoms with E-state index in [1.165, 1.54) is 0 Å². The molecule has 4 heteroatoms. The summed E-state index contributed by atoms with van der Waals surface area (Å²) in [4.78, 5) is 0. The third-order valence-corrected chi connectivity index (χ3v) is 1.97. The van der Waals surface area contributed by atoms with Gasteiger partial charge in [-0.3, -0.25) is 0 Å². The zero-order valence-electron chi connectivity index (χ0n) is 7.88. The molecule has 2 N–H and O–H groups in total. The summed E-state index contributed by atoms with van der Waals surface area (Å²) >= 11 is 0. The van der Waals surface area contributed by atoms with Crippen LogP contribution < -0.4 is 5.73 Å². The predicted octanol–water partition coefficient (Wildman–Crippen LogP) is 1.60. The number of nitrogens with two attached hydrogens (primary N) is 1. The van der Waals surface area contributed by atoms with E-state index in [9.17, 15) is 0 Å². The molecule has 0 atom stereocenters. The van der Waals surface area contributed by atoms with Crippen LogP contribution in [-0.4, -0.2) is 10.2 Å². The molecule has 0 saturated carbocycles. The second kappa shape index (κ2) is 3.76. The van der Waals surface area contributed by atoms with Crippen LogP contribution in [0.1, 0.15) is 5.56 Å². The van der Waals surface area contributed by atoms with Crippen molar-refractivity contribution in [3.05, 3.63) is 42.0 Å². The van der Waals surface area contributed by atoms with E-state index in [-0.39, 0.29) is 0 Å². The average Bonchev–Trinajstić information content (AvgIpc) is 2.30. The van der Waals surface area contributed by atoms with Crippen LogP contribution in [0.5, 0.6) is 0 Å². The van der Waals surface area contributed by atoms with Gasteiger partial charge in [-0.2, -0.15) is 5.26 Å². The Bertz CT molecular complexity index is 511. The van der Waals surface area contributed by atoms with Gasteiger partial charge in [0.15, 0.2) is 0 Å². The molecule has 2 aromatic rings. The van der Waals surface area contributed by atoms with Gasteiger partial charge in [0.2, 0.25) is 0 Å². The molecule has 0 fully saturated rings. The lowest BCUT2D eigenvalue weighted by Gasteiger charge is -1.99. The minimum absolute atomic E-state index is 0.384. The minimum Gasteiger partial charge on any atom is -0.382 e. The highest BCUT2D eigenvalue weighted by molar-refractivity contribution is 5.61. The van der Waals surface area contributed by atoms with Crippen LogP contribution in [0.25, 0.3) is 11.3 Å². The second-order valence-electron chi connectivity index (χ2n) is 3.04. The number of nitrogens with zero attached hydrogens (tertiary/aromatic N) is 3. The highest BCUT2D eigenvalue weighted by atomic mass is 15.1. The van der Waals surface area contributed by atoms with Crippen molar-refractivity contribution in [1.29, 1.82) is 5.26 Å². The second-order valence-corrected chi connectivity index (χ2v) is 3.04. The monoisotopic (exact) mass is 196 g/mol. The SMILES string of the molecule is N#Cc1cccc(-c2ccc(N)nn2)c1. The summed E-state index contributed by atoms with van der Waals surface area (Å²) in [5, 5.41) is 16.4. The summed E-state index contributed by atoms with van der Waals surface area (Å²) in [6, 6.07) is 12.7. The number of aromatic nitrogens is 2. The summed E-state index contributed by atoms with van der Waals surface area (Å²) in [6.07, 6.45) is 0. The Morgan fingerprint density at radius 2 is 2.00 bits per heavy atom. The molecule has 15 heavy (non-hydrogen) atoms. The molecule has 0 aliphatic heterocycles. The molecule has 1 heterocycles. The third-order valence-electron chi connectivity index (χ3n) is 1.97. The van der Waals surface area contributed by atoms with E-state index >= 15 is 0 Å². The van der Waals surface area contributed by atoms with Crippen molar-refractivity contribution < 1.29 is 0 Å². The number of nitriles is 1. The van der Waals surface area contributed by atoms with E-state index < -0.39 is 0 Å². The number of benzene rings is 1. The maximum Gasteiger partial charge on any atom is 0.146 e. The zero-order valence-corrected chi connectivity index (χ0v) is 7.88. The van der Waals surface area contributed by atoms with Gasteiger partial charge >= 0.3 is 0 Å². The smallest absolute Gasteiger partial charge is 0.146 e. The number of nitrogen functional groups attached to an aromatic ring is 1. The lowest BCUT2D eigenvalue weighted by atomic mass is 10.1. The quantitative estimate of drug-likeness (QED) is 0.751. The summed E-state index contributed by atoms with van der Waals surface area (Å²) in [7, 11) is 0. The number of hydrogen-bond donors (Lipinski definition) is 1. The predicted molar refractivity (Wildman–Crippen MR) is 56.6 cm³/mol. The molecular formula is C11H8N4. The molecule has 72 valence electrons. The van der Waals surface area contributed by atoms with Crippen molar-refractivity contribution in [3.8, 4) is 17.3 Å². The molecule has 2 rings (SSSR count). The van der Waals surface area contributed by atoms with Crippen molar-refractivity contribution in [3.63, 3.8) is 0 Å². The standard InChI is InChI=1S/C11H8N4/c12-7-8-2-1-3-9(6-8)10-4-5-11(13)15-14-10/h1-6H,(H2,13,15). The molecule has 0 bridgehead atoms. The van der Waals surface area contributed by atoms with Gasteiger partial charge in [-0.15, -0.1) is 10.2 Å². The Kier molecular flexibility index (Phi) is 2.30. The lowest BCUT2D eigenvalue weighted by molar-refractivity contribution is 1.05. The van der Waals surface area contributed by atoms with Gasteiger partial charge in [0.25, 0.3) is 0 Å². The lowest BCUT2D eigenvalue weighted by Crippen LogP contribution is -1.93. The molecule has 0 amide bonds. The topological polar surface area (TPSA) is 75.6 Å². The van der Waals surface area contributed by atoms with Crippen molar-refractivity contribution in [2.75, 3.05) is 5.73 Å². The molecule has 4 nitrogen and oxygen atoms in total. The van der Waals surface area contributed by atoms with Crippen LogP contribution in [0, 0.1) is 11.3 Å². The summed E-state index contributed by atoms with van der Waals surface area (Å²) in [6.45, 7) is 0. The van der Waals surface area contributed by atoms with Crippen molar-refractivity contribution >= 4 is 5.82 Å². The maximum absolute atomic E-state index is 8.75. The first-order chi connectivity index (χ1) is 7.29. The summed E-state index contributed by atoms with van der Waals surface area (Å²) in [5.41, 5.74) is 7.61. The molecule has 0 spiro atoms. The van der Waals surface area contributed by atoms with Crippen LogP contribution in [-0.2, 0) is 0 Å². The van der Waals surface area contributed by atoms with E-state index in [0.29, 0.717) is 17.1 Å². The molecule has 0 radical (unpaired) electrons. The van der Waals surface area contributed by atoms with Gasteiger partial charge < -0.3 is 5.73 Å². The Labute approximate surface area is 87.0 Å². The van der Waals surface area contributed by atoms with Gasteiger partial charge in [-0.25, -0.2) is 0 Å². The van der Waals surface area contributed by atoms with Gasteiger partial charge in [-0.05, 0) is 24.3 Å². The summed E-state index contributed by atoms with van der Waals surface area (Å²) < 4.78 is 0. The fourth-order valence-corrected chi connectivity index (χ4v) is 1.24. The summed E-state index contributed by atoms with van der Waals surface area (Å²) in [5.74, 6) is 0.384. The van der Waals surface area contributed by atoms with E-state index in [2.05, 4.69) is 16.3 Å². The Balaban J connectivity index is 2.46. The normalized spacial score (nSPS) is 9.53. The van der Waals surface area contributed by atoms with Gasteiger partial charge in [0.05, 0.1) is 17.3 Å². The maximum atomic E-state index is 8.75. The van der Waals surface area contributed by atoms with Gasteiger partial charge in [-0.1, -0.05) is 12.1 Å². The molecule has 0 saturated heterocycles. The van der Waals surface area contributed by atoms with Gasteiger partial charge in [0, 0.05) is 5.56 Å². The Morgan fingerprint density at radius 3 is 2.67 bits per heavy atom. The van der Waals surface area contributed by atoms with E-state index in [4.69, 9.17) is 11.0 Å². The van der Waals surface area contributed by atoms with E-state index in [0.717, 1.165) is 5.56 Å². The molecule has 0 aliphatic carbocycles. The van der Waals surface area contributed by atoms with Crippen molar-refractivity contribution in [2.45, 2.75) is 0 Å². The Morgan fingerprint density at radius 1 is 1.13 bits per heavy atom. The number of anilines is 1. The largest absolute Gasteiger partial charge is 0.382 e. The fraction of sp³-hybridized carbons (Fsp3) is 0. The average molecular weight is 196 g/mol. The molecule has 0 aliphatic rings. The third kappa shape index (κ3) is 1.92. The highest BCUT2D eigenvalue weighted by Crippen LogP contribution is 2.17. The van der Waals surface area contributed by atoms with E-state index in [1.54, 1.807) is 24.3 Å². The first-order valence-electron chi connectivity index (χ1n) is 4.39. The first-order valence-corrected chi connectivity index (χ1v) is 4.39. The van der Waals surface area contributed by atoms with Crippen LogP contribution in [0.2, 0.25) is 0 Å². The zero-order chi connectivity index (χ0) is 10.7. The first kappa shape index (κ1) is 9.16. The van der Waals surface area contributed by atoms with Crippen molar-refractivity contribution in [1.82, 2.24) is 10.2 Å². The number of rotatable bonds is 1. The van der Waals surface area contributed by atoms with E-state index in [1.807, 2.05) is 12.1 Å². The highest BCUT2D eigenvalue weighted by Gasteiger charge is 2.00. The van der Waals surface area contributed by atoms with Crippen LogP contribution >= 0.6 is 0 Å². The Hall–Kier alpha value is -2.41. The van der Waals surface area contributed by atoms with Crippen LogP contribution in [0.4, 0.5) is 5.82 Å². The van der Waals surface area contributed by atoms with Crippen LogP contribution in [0.15, 0.2) is 36.4 Å².